The molecule has 0 aromatic heterocycles. The van der Waals surface area contributed by atoms with Crippen LogP contribution in [0.15, 0.2) is 0 Å². The minimum Gasteiger partial charge on any atom is -0.310 e. The second-order valence-electron chi connectivity index (χ2n) is 6.06. The lowest BCUT2D eigenvalue weighted by Crippen LogP contribution is -2.30. The van der Waals surface area contributed by atoms with Crippen LogP contribution in [0.3, 0.4) is 0 Å². The molecule has 2 aliphatic heterocycles. The minimum absolute atomic E-state index is 0.376. The highest BCUT2D eigenvalue weighted by Gasteiger charge is 2.42. The molecule has 1 saturated carbocycles. The van der Waals surface area contributed by atoms with E-state index in [1.165, 1.54) is 44.9 Å². The zero-order valence-electron chi connectivity index (χ0n) is 10.1. The van der Waals surface area contributed by atoms with Crippen molar-refractivity contribution in [2.24, 2.45) is 11.8 Å². The second kappa shape index (κ2) is 4.48. The summed E-state index contributed by atoms with van der Waals surface area (Å²) >= 11 is 0. The number of hydrogen-bond donors (Lipinski definition) is 1. The van der Waals surface area contributed by atoms with Crippen LogP contribution >= 0.6 is 0 Å². The Hall–Kier alpha value is -0.370. The first-order chi connectivity index (χ1) is 7.83. The standard InChI is InChI=1S/C14H23NO/c16-14(8-10-4-2-1-3-5-10)12-9-11-6-7-13(12)15-11/h10-13,15H,1-9H2. The zero-order valence-corrected chi connectivity index (χ0v) is 10.1. The van der Waals surface area contributed by atoms with Gasteiger partial charge in [0.25, 0.3) is 0 Å². The molecule has 0 spiro atoms. The molecule has 16 heavy (non-hydrogen) atoms. The molecule has 3 unspecified atom stereocenters. The maximum Gasteiger partial charge on any atom is 0.137 e. The third-order valence-electron chi connectivity index (χ3n) is 4.93. The van der Waals surface area contributed by atoms with Gasteiger partial charge >= 0.3 is 0 Å². The fraction of sp³-hybridized carbons (Fsp3) is 0.929. The van der Waals surface area contributed by atoms with E-state index in [9.17, 15) is 4.79 Å². The van der Waals surface area contributed by atoms with Crippen LogP contribution < -0.4 is 5.32 Å². The van der Waals surface area contributed by atoms with Crippen molar-refractivity contribution in [3.05, 3.63) is 0 Å². The van der Waals surface area contributed by atoms with Crippen LogP contribution in [0.5, 0.6) is 0 Å². The van der Waals surface area contributed by atoms with Gasteiger partial charge in [-0.1, -0.05) is 32.1 Å². The van der Waals surface area contributed by atoms with Crippen molar-refractivity contribution in [3.63, 3.8) is 0 Å². The number of fused-ring (bicyclic) bond motifs is 2. The molecule has 3 aliphatic rings. The maximum atomic E-state index is 12.3. The lowest BCUT2D eigenvalue weighted by Gasteiger charge is -2.24. The molecule has 3 fully saturated rings. The highest BCUT2D eigenvalue weighted by molar-refractivity contribution is 5.82. The highest BCUT2D eigenvalue weighted by atomic mass is 16.1. The number of nitrogens with one attached hydrogen (secondary N) is 1. The van der Waals surface area contributed by atoms with Crippen molar-refractivity contribution in [1.82, 2.24) is 5.32 Å². The zero-order chi connectivity index (χ0) is 11.0. The van der Waals surface area contributed by atoms with Crippen LogP contribution in [0.1, 0.15) is 57.8 Å². The maximum absolute atomic E-state index is 12.3. The Kier molecular flexibility index (Phi) is 3.01. The summed E-state index contributed by atoms with van der Waals surface area (Å²) in [7, 11) is 0. The van der Waals surface area contributed by atoms with Gasteiger partial charge in [0, 0.05) is 24.4 Å². The van der Waals surface area contributed by atoms with Gasteiger partial charge in [0.1, 0.15) is 5.78 Å². The Morgan fingerprint density at radius 2 is 1.88 bits per heavy atom. The van der Waals surface area contributed by atoms with Crippen LogP contribution in [-0.2, 0) is 4.79 Å². The number of carbonyl (C=O) groups is 1. The van der Waals surface area contributed by atoms with E-state index < -0.39 is 0 Å². The fourth-order valence-corrected chi connectivity index (χ4v) is 4.01. The first-order valence-corrected chi connectivity index (χ1v) is 7.11. The molecule has 2 heteroatoms. The average Bonchev–Trinajstić information content (AvgIpc) is 2.92. The van der Waals surface area contributed by atoms with E-state index in [0.717, 1.165) is 18.8 Å². The number of ketones is 1. The van der Waals surface area contributed by atoms with Crippen molar-refractivity contribution in [1.29, 1.82) is 0 Å². The molecule has 0 aromatic carbocycles. The molecule has 2 bridgehead atoms. The number of rotatable bonds is 3. The molecule has 1 N–H and O–H groups in total. The average molecular weight is 221 g/mol. The van der Waals surface area contributed by atoms with Gasteiger partial charge in [0.05, 0.1) is 0 Å². The summed E-state index contributed by atoms with van der Waals surface area (Å²) in [6.45, 7) is 0. The van der Waals surface area contributed by atoms with Crippen LogP contribution in [-0.4, -0.2) is 17.9 Å². The van der Waals surface area contributed by atoms with Crippen molar-refractivity contribution >= 4 is 5.78 Å². The molecule has 0 amide bonds. The predicted octanol–water partition coefficient (Wildman–Crippen LogP) is 2.67. The van der Waals surface area contributed by atoms with E-state index in [0.29, 0.717) is 23.8 Å². The topological polar surface area (TPSA) is 29.1 Å². The summed E-state index contributed by atoms with van der Waals surface area (Å²) in [5, 5.41) is 3.58. The van der Waals surface area contributed by atoms with Crippen molar-refractivity contribution < 1.29 is 4.79 Å². The molecule has 0 radical (unpaired) electrons. The van der Waals surface area contributed by atoms with Crippen LogP contribution in [0.25, 0.3) is 0 Å². The third-order valence-corrected chi connectivity index (χ3v) is 4.93. The molecule has 0 aromatic rings. The van der Waals surface area contributed by atoms with Crippen molar-refractivity contribution in [2.75, 3.05) is 0 Å². The van der Waals surface area contributed by atoms with Gasteiger partial charge in [-0.25, -0.2) is 0 Å². The quantitative estimate of drug-likeness (QED) is 0.794. The van der Waals surface area contributed by atoms with Crippen LogP contribution in [0, 0.1) is 11.8 Å². The molecule has 2 heterocycles. The number of hydrogen-bond acceptors (Lipinski definition) is 2. The Morgan fingerprint density at radius 1 is 1.06 bits per heavy atom. The SMILES string of the molecule is O=C(CC1CCCCC1)C1CC2CCC1N2. The van der Waals surface area contributed by atoms with Gasteiger partial charge in [0.15, 0.2) is 0 Å². The predicted molar refractivity (Wildman–Crippen MR) is 64.3 cm³/mol. The van der Waals surface area contributed by atoms with Crippen LogP contribution in [0.2, 0.25) is 0 Å². The number of carbonyl (C=O) groups excluding carboxylic acids is 1. The molecular formula is C14H23NO. The fourth-order valence-electron chi connectivity index (χ4n) is 4.01. The first kappa shape index (κ1) is 10.8. The van der Waals surface area contributed by atoms with E-state index in [-0.39, 0.29) is 0 Å². The largest absolute Gasteiger partial charge is 0.310 e. The van der Waals surface area contributed by atoms with Gasteiger partial charge in [-0.15, -0.1) is 0 Å². The Balaban J connectivity index is 1.53. The summed E-state index contributed by atoms with van der Waals surface area (Å²) < 4.78 is 0. The van der Waals surface area contributed by atoms with Crippen molar-refractivity contribution in [2.45, 2.75) is 69.9 Å². The minimum atomic E-state index is 0.376. The molecule has 1 aliphatic carbocycles. The smallest absolute Gasteiger partial charge is 0.137 e. The Bertz CT molecular complexity index is 270. The lowest BCUT2D eigenvalue weighted by molar-refractivity contribution is -0.124. The molecule has 3 atom stereocenters. The summed E-state index contributed by atoms with van der Waals surface area (Å²) in [5.41, 5.74) is 0. The van der Waals surface area contributed by atoms with E-state index >= 15 is 0 Å². The van der Waals surface area contributed by atoms with Gasteiger partial charge in [0.2, 0.25) is 0 Å². The summed E-state index contributed by atoms with van der Waals surface area (Å²) in [5.74, 6) is 1.67. The number of Topliss-reactive ketones (excluding diaryl/α,β-unsaturated/α-hetero) is 1. The Labute approximate surface area is 98.2 Å². The Morgan fingerprint density at radius 3 is 2.50 bits per heavy atom. The van der Waals surface area contributed by atoms with E-state index in [1.54, 1.807) is 0 Å². The van der Waals surface area contributed by atoms with Crippen LogP contribution in [0.4, 0.5) is 0 Å². The lowest BCUT2D eigenvalue weighted by atomic mass is 9.79. The van der Waals surface area contributed by atoms with Crippen molar-refractivity contribution in [3.8, 4) is 0 Å². The molecule has 2 nitrogen and oxygen atoms in total. The van der Waals surface area contributed by atoms with Gasteiger partial charge in [-0.2, -0.15) is 0 Å². The summed E-state index contributed by atoms with van der Waals surface area (Å²) in [6, 6.07) is 1.21. The highest BCUT2D eigenvalue weighted by Crippen LogP contribution is 2.36. The normalized spacial score (nSPS) is 39.1. The van der Waals surface area contributed by atoms with Gasteiger partial charge in [-0.3, -0.25) is 4.79 Å². The molecular weight excluding hydrogens is 198 g/mol. The van der Waals surface area contributed by atoms with Gasteiger partial charge < -0.3 is 5.32 Å². The van der Waals surface area contributed by atoms with E-state index in [1.807, 2.05) is 0 Å². The summed E-state index contributed by atoms with van der Waals surface area (Å²) in [6.07, 6.45) is 11.3. The molecule has 3 rings (SSSR count). The second-order valence-corrected chi connectivity index (χ2v) is 6.06. The van der Waals surface area contributed by atoms with E-state index in [4.69, 9.17) is 0 Å². The summed E-state index contributed by atoms with van der Waals surface area (Å²) in [4.78, 5) is 12.3. The van der Waals surface area contributed by atoms with E-state index in [2.05, 4.69) is 5.32 Å². The first-order valence-electron chi connectivity index (χ1n) is 7.11. The monoisotopic (exact) mass is 221 g/mol. The van der Waals surface area contributed by atoms with Gasteiger partial charge in [-0.05, 0) is 25.2 Å². The molecule has 2 saturated heterocycles. The third kappa shape index (κ3) is 2.04. The molecule has 90 valence electrons.